The Kier molecular flexibility index (Phi) is 3.90. The van der Waals surface area contributed by atoms with E-state index in [0.717, 1.165) is 19.5 Å². The molecule has 1 aliphatic heterocycles. The molecule has 0 bridgehead atoms. The predicted octanol–water partition coefficient (Wildman–Crippen LogP) is 1.51. The molecule has 6 nitrogen and oxygen atoms in total. The van der Waals surface area contributed by atoms with Gasteiger partial charge in [-0.1, -0.05) is 5.21 Å². The highest BCUT2D eigenvalue weighted by atomic mass is 32.1. The molecule has 2 aliphatic rings. The minimum absolute atomic E-state index is 0.141. The summed E-state index contributed by atoms with van der Waals surface area (Å²) in [7, 11) is 0. The molecule has 1 saturated carbocycles. The molecular formula is C16H21N5OS. The van der Waals surface area contributed by atoms with Crippen LogP contribution in [0.1, 0.15) is 24.8 Å². The van der Waals surface area contributed by atoms with E-state index in [1.54, 1.807) is 28.4 Å². The van der Waals surface area contributed by atoms with Gasteiger partial charge in [-0.15, -0.1) is 5.10 Å². The number of nitrogens with zero attached hydrogens (tertiary/aromatic N) is 4. The molecule has 2 aromatic rings. The quantitative estimate of drug-likeness (QED) is 0.902. The molecule has 1 saturated heterocycles. The summed E-state index contributed by atoms with van der Waals surface area (Å²) in [5, 5.41) is 15.4. The zero-order valence-electron chi connectivity index (χ0n) is 13.0. The zero-order valence-corrected chi connectivity index (χ0v) is 13.8. The SMILES string of the molecule is O=C(Cn1ccnn1)N(Cc1ccsc1)C1CC12CCNCC2. The number of carbonyl (C=O) groups is 1. The lowest BCUT2D eigenvalue weighted by Gasteiger charge is -2.29. The molecule has 2 fully saturated rings. The first-order chi connectivity index (χ1) is 11.3. The van der Waals surface area contributed by atoms with Gasteiger partial charge in [0.2, 0.25) is 5.91 Å². The third-order valence-electron chi connectivity index (χ3n) is 5.14. The maximum absolute atomic E-state index is 12.9. The minimum Gasteiger partial charge on any atom is -0.333 e. The molecule has 122 valence electrons. The Morgan fingerprint density at radius 2 is 2.35 bits per heavy atom. The fraction of sp³-hybridized carbons (Fsp3) is 0.562. The number of aromatic nitrogens is 3. The first-order valence-electron chi connectivity index (χ1n) is 8.12. The van der Waals surface area contributed by atoms with E-state index in [1.807, 2.05) is 0 Å². The van der Waals surface area contributed by atoms with Gasteiger partial charge in [-0.25, -0.2) is 4.68 Å². The van der Waals surface area contributed by atoms with E-state index in [0.29, 0.717) is 18.0 Å². The third kappa shape index (κ3) is 3.03. The largest absolute Gasteiger partial charge is 0.333 e. The van der Waals surface area contributed by atoms with Gasteiger partial charge in [-0.05, 0) is 60.2 Å². The summed E-state index contributed by atoms with van der Waals surface area (Å²) in [5.41, 5.74) is 1.57. The number of hydrogen-bond donors (Lipinski definition) is 1. The molecule has 7 heteroatoms. The van der Waals surface area contributed by atoms with Crippen LogP contribution in [-0.4, -0.2) is 44.9 Å². The lowest BCUT2D eigenvalue weighted by molar-refractivity contribution is -0.134. The highest BCUT2D eigenvalue weighted by Crippen LogP contribution is 2.56. The summed E-state index contributed by atoms with van der Waals surface area (Å²) < 4.78 is 1.61. The molecule has 1 spiro atoms. The van der Waals surface area contributed by atoms with E-state index >= 15 is 0 Å². The van der Waals surface area contributed by atoms with Crippen LogP contribution < -0.4 is 5.32 Å². The van der Waals surface area contributed by atoms with Gasteiger partial charge >= 0.3 is 0 Å². The predicted molar refractivity (Wildman–Crippen MR) is 87.8 cm³/mol. The second kappa shape index (κ2) is 6.05. The monoisotopic (exact) mass is 331 g/mol. The van der Waals surface area contributed by atoms with Crippen molar-refractivity contribution in [2.75, 3.05) is 13.1 Å². The average molecular weight is 331 g/mol. The maximum atomic E-state index is 12.9. The zero-order chi connectivity index (χ0) is 15.7. The molecule has 0 aromatic carbocycles. The van der Waals surface area contributed by atoms with Crippen LogP contribution in [0.5, 0.6) is 0 Å². The van der Waals surface area contributed by atoms with Gasteiger partial charge < -0.3 is 10.2 Å². The van der Waals surface area contributed by atoms with E-state index in [2.05, 4.69) is 37.4 Å². The fourth-order valence-electron chi connectivity index (χ4n) is 3.73. The Hall–Kier alpha value is -1.73. The Bertz CT molecular complexity index is 648. The van der Waals surface area contributed by atoms with Crippen LogP contribution in [0.15, 0.2) is 29.2 Å². The number of rotatable bonds is 5. The normalized spacial score (nSPS) is 22.2. The maximum Gasteiger partial charge on any atom is 0.244 e. The van der Waals surface area contributed by atoms with Crippen LogP contribution in [0.2, 0.25) is 0 Å². The van der Waals surface area contributed by atoms with Crippen molar-refractivity contribution in [3.05, 3.63) is 34.8 Å². The molecule has 1 unspecified atom stereocenters. The smallest absolute Gasteiger partial charge is 0.244 e. The van der Waals surface area contributed by atoms with Gasteiger partial charge in [0.1, 0.15) is 6.54 Å². The number of nitrogens with one attached hydrogen (secondary N) is 1. The van der Waals surface area contributed by atoms with Crippen LogP contribution in [-0.2, 0) is 17.9 Å². The number of amides is 1. The first kappa shape index (κ1) is 14.8. The first-order valence-corrected chi connectivity index (χ1v) is 9.06. The molecule has 1 amide bonds. The molecule has 4 rings (SSSR count). The Labute approximate surface area is 139 Å². The number of piperidine rings is 1. The molecule has 3 heterocycles. The van der Waals surface area contributed by atoms with Crippen molar-refractivity contribution < 1.29 is 4.79 Å². The van der Waals surface area contributed by atoms with Crippen molar-refractivity contribution >= 4 is 17.2 Å². The summed E-state index contributed by atoms with van der Waals surface area (Å²) in [4.78, 5) is 14.9. The van der Waals surface area contributed by atoms with E-state index < -0.39 is 0 Å². The molecule has 1 atom stereocenters. The molecule has 1 aliphatic carbocycles. The van der Waals surface area contributed by atoms with Gasteiger partial charge in [0.05, 0.1) is 6.20 Å². The van der Waals surface area contributed by atoms with Crippen LogP contribution >= 0.6 is 11.3 Å². The van der Waals surface area contributed by atoms with Gasteiger partial charge in [0, 0.05) is 18.8 Å². The van der Waals surface area contributed by atoms with E-state index in [4.69, 9.17) is 0 Å². The molecular weight excluding hydrogens is 310 g/mol. The standard InChI is InChI=1S/C16H21N5OS/c22-15(11-20-7-6-18-19-20)21(10-13-1-8-23-12-13)14-9-16(14)2-4-17-5-3-16/h1,6-8,12,14,17H,2-5,9-11H2. The topological polar surface area (TPSA) is 63.1 Å². The Morgan fingerprint density at radius 3 is 3.04 bits per heavy atom. The molecule has 1 N–H and O–H groups in total. The van der Waals surface area contributed by atoms with Crippen molar-refractivity contribution in [3.63, 3.8) is 0 Å². The summed E-state index contributed by atoms with van der Waals surface area (Å²) >= 11 is 1.68. The van der Waals surface area contributed by atoms with Crippen molar-refractivity contribution in [1.29, 1.82) is 0 Å². The van der Waals surface area contributed by atoms with Gasteiger partial charge in [-0.3, -0.25) is 4.79 Å². The number of thiophene rings is 1. The highest BCUT2D eigenvalue weighted by Gasteiger charge is 2.57. The number of carbonyl (C=O) groups excluding carboxylic acids is 1. The van der Waals surface area contributed by atoms with Crippen molar-refractivity contribution in [1.82, 2.24) is 25.2 Å². The lowest BCUT2D eigenvalue weighted by atomic mass is 9.93. The summed E-state index contributed by atoms with van der Waals surface area (Å²) in [6.45, 7) is 3.12. The van der Waals surface area contributed by atoms with Crippen LogP contribution in [0.4, 0.5) is 0 Å². The van der Waals surface area contributed by atoms with Crippen molar-refractivity contribution in [3.8, 4) is 0 Å². The van der Waals surface area contributed by atoms with Crippen molar-refractivity contribution in [2.45, 2.75) is 38.4 Å². The van der Waals surface area contributed by atoms with Gasteiger partial charge in [0.15, 0.2) is 0 Å². The number of hydrogen-bond acceptors (Lipinski definition) is 5. The van der Waals surface area contributed by atoms with Gasteiger partial charge in [-0.2, -0.15) is 11.3 Å². The molecule has 2 aromatic heterocycles. The van der Waals surface area contributed by atoms with E-state index in [-0.39, 0.29) is 12.5 Å². The third-order valence-corrected chi connectivity index (χ3v) is 5.88. The Morgan fingerprint density at radius 1 is 1.48 bits per heavy atom. The average Bonchev–Trinajstić information content (AvgIpc) is 2.99. The van der Waals surface area contributed by atoms with Crippen LogP contribution in [0.3, 0.4) is 0 Å². The van der Waals surface area contributed by atoms with Crippen LogP contribution in [0, 0.1) is 5.41 Å². The summed E-state index contributed by atoms with van der Waals surface area (Å²) in [6, 6.07) is 2.48. The highest BCUT2D eigenvalue weighted by molar-refractivity contribution is 7.07. The van der Waals surface area contributed by atoms with Gasteiger partial charge in [0.25, 0.3) is 0 Å². The van der Waals surface area contributed by atoms with Crippen LogP contribution in [0.25, 0.3) is 0 Å². The van der Waals surface area contributed by atoms with E-state index in [9.17, 15) is 4.79 Å². The Balaban J connectivity index is 1.51. The second-order valence-corrected chi connectivity index (χ2v) is 7.37. The summed E-state index contributed by atoms with van der Waals surface area (Å²) in [6.07, 6.45) is 6.85. The fourth-order valence-corrected chi connectivity index (χ4v) is 4.39. The summed E-state index contributed by atoms with van der Waals surface area (Å²) in [5.74, 6) is 0.141. The second-order valence-electron chi connectivity index (χ2n) is 6.59. The van der Waals surface area contributed by atoms with Crippen molar-refractivity contribution in [2.24, 2.45) is 5.41 Å². The lowest BCUT2D eigenvalue weighted by Crippen LogP contribution is -2.40. The molecule has 0 radical (unpaired) electrons. The minimum atomic E-state index is 0.141. The van der Waals surface area contributed by atoms with E-state index in [1.165, 1.54) is 18.4 Å². The molecule has 23 heavy (non-hydrogen) atoms.